The highest BCUT2D eigenvalue weighted by Gasteiger charge is 2.38. The van der Waals surface area contributed by atoms with Gasteiger partial charge in [-0.2, -0.15) is 0 Å². The molecule has 2 amide bonds. The van der Waals surface area contributed by atoms with Crippen molar-refractivity contribution in [3.8, 4) is 0 Å². The Hall–Kier alpha value is -1.88. The SMILES string of the molecule is Cc1cc(C)cc(C(=O)NC[C@H]2CC[C@@H](NC(=O)C3(N)CCCC3)CC2)c1. The predicted molar refractivity (Wildman–Crippen MR) is 108 cm³/mol. The Labute approximate surface area is 162 Å². The number of hydrogen-bond acceptors (Lipinski definition) is 3. The number of aryl methyl sites for hydroxylation is 2. The van der Waals surface area contributed by atoms with Gasteiger partial charge in [-0.15, -0.1) is 0 Å². The first kappa shape index (κ1) is 19.9. The van der Waals surface area contributed by atoms with Gasteiger partial charge in [0.15, 0.2) is 0 Å². The number of benzene rings is 1. The first-order valence-corrected chi connectivity index (χ1v) is 10.3. The van der Waals surface area contributed by atoms with Crippen LogP contribution in [-0.2, 0) is 4.79 Å². The Bertz CT molecular complexity index is 667. The van der Waals surface area contributed by atoms with Crippen LogP contribution in [0.4, 0.5) is 0 Å². The number of nitrogens with one attached hydrogen (secondary N) is 2. The molecule has 0 aromatic heterocycles. The molecule has 0 atom stereocenters. The number of hydrogen-bond donors (Lipinski definition) is 3. The molecule has 0 spiro atoms. The van der Waals surface area contributed by atoms with Crippen LogP contribution in [0.15, 0.2) is 18.2 Å². The summed E-state index contributed by atoms with van der Waals surface area (Å²) in [6.45, 7) is 4.72. The molecule has 5 nitrogen and oxygen atoms in total. The molecular weight excluding hydrogens is 338 g/mol. The number of amides is 2. The van der Waals surface area contributed by atoms with Gasteiger partial charge < -0.3 is 16.4 Å². The summed E-state index contributed by atoms with van der Waals surface area (Å²) in [5.74, 6) is 0.515. The van der Waals surface area contributed by atoms with Crippen LogP contribution >= 0.6 is 0 Å². The summed E-state index contributed by atoms with van der Waals surface area (Å²) >= 11 is 0. The molecule has 2 saturated carbocycles. The van der Waals surface area contributed by atoms with Gasteiger partial charge in [-0.05, 0) is 70.4 Å². The zero-order valence-electron chi connectivity index (χ0n) is 16.6. The Balaban J connectivity index is 1.41. The largest absolute Gasteiger partial charge is 0.352 e. The second-order valence-electron chi connectivity index (χ2n) is 8.64. The normalized spacial score (nSPS) is 24.4. The standard InChI is InChI=1S/C22H33N3O2/c1-15-11-16(2)13-18(12-15)20(26)24-14-17-5-7-19(8-6-17)25-21(27)22(23)9-3-4-10-22/h11-13,17,19H,3-10,14,23H2,1-2H3,(H,24,26)(H,25,27)/t17-,19+. The fourth-order valence-corrected chi connectivity index (χ4v) is 4.52. The lowest BCUT2D eigenvalue weighted by Crippen LogP contribution is -2.55. The van der Waals surface area contributed by atoms with Gasteiger partial charge in [-0.3, -0.25) is 9.59 Å². The van der Waals surface area contributed by atoms with Gasteiger partial charge in [0.05, 0.1) is 5.54 Å². The van der Waals surface area contributed by atoms with E-state index in [-0.39, 0.29) is 17.9 Å². The lowest BCUT2D eigenvalue weighted by atomic mass is 9.85. The van der Waals surface area contributed by atoms with Crippen LogP contribution in [0.2, 0.25) is 0 Å². The van der Waals surface area contributed by atoms with Crippen molar-refractivity contribution in [2.75, 3.05) is 6.54 Å². The van der Waals surface area contributed by atoms with Crippen LogP contribution in [0.3, 0.4) is 0 Å². The molecule has 1 aromatic carbocycles. The highest BCUT2D eigenvalue weighted by atomic mass is 16.2. The minimum Gasteiger partial charge on any atom is -0.352 e. The summed E-state index contributed by atoms with van der Waals surface area (Å²) in [6.07, 6.45) is 7.69. The van der Waals surface area contributed by atoms with E-state index < -0.39 is 5.54 Å². The van der Waals surface area contributed by atoms with Crippen molar-refractivity contribution in [3.05, 3.63) is 34.9 Å². The van der Waals surface area contributed by atoms with Crippen molar-refractivity contribution < 1.29 is 9.59 Å². The molecule has 0 aliphatic heterocycles. The highest BCUT2D eigenvalue weighted by Crippen LogP contribution is 2.29. The van der Waals surface area contributed by atoms with Crippen molar-refractivity contribution >= 4 is 11.8 Å². The summed E-state index contributed by atoms with van der Waals surface area (Å²) in [5, 5.41) is 6.26. The van der Waals surface area contributed by atoms with Crippen LogP contribution in [0, 0.1) is 19.8 Å². The summed E-state index contributed by atoms with van der Waals surface area (Å²) < 4.78 is 0. The summed E-state index contributed by atoms with van der Waals surface area (Å²) in [7, 11) is 0. The van der Waals surface area contributed by atoms with E-state index in [1.54, 1.807) is 0 Å². The zero-order valence-corrected chi connectivity index (χ0v) is 16.6. The first-order valence-electron chi connectivity index (χ1n) is 10.3. The molecule has 0 saturated heterocycles. The molecule has 0 unspecified atom stereocenters. The first-order chi connectivity index (χ1) is 12.9. The molecule has 2 aliphatic rings. The minimum absolute atomic E-state index is 0.00327. The monoisotopic (exact) mass is 371 g/mol. The molecule has 2 fully saturated rings. The van der Waals surface area contributed by atoms with E-state index in [1.165, 1.54) is 0 Å². The third kappa shape index (κ3) is 5.10. The quantitative estimate of drug-likeness (QED) is 0.744. The molecule has 4 N–H and O–H groups in total. The minimum atomic E-state index is -0.642. The highest BCUT2D eigenvalue weighted by molar-refractivity contribution is 5.94. The average molecular weight is 372 g/mol. The van der Waals surface area contributed by atoms with Crippen molar-refractivity contribution in [2.24, 2.45) is 11.7 Å². The van der Waals surface area contributed by atoms with E-state index in [0.29, 0.717) is 12.5 Å². The molecule has 2 aliphatic carbocycles. The lowest BCUT2D eigenvalue weighted by Gasteiger charge is -2.32. The summed E-state index contributed by atoms with van der Waals surface area (Å²) in [6, 6.07) is 6.16. The number of nitrogens with two attached hydrogens (primary N) is 1. The van der Waals surface area contributed by atoms with Gasteiger partial charge in [0.2, 0.25) is 5.91 Å². The van der Waals surface area contributed by atoms with Gasteiger partial charge in [0.1, 0.15) is 0 Å². The molecular formula is C22H33N3O2. The maximum atomic E-state index is 12.5. The Morgan fingerprint density at radius 3 is 2.22 bits per heavy atom. The fraction of sp³-hybridized carbons (Fsp3) is 0.636. The van der Waals surface area contributed by atoms with Crippen molar-refractivity contribution in [2.45, 2.75) is 76.8 Å². The molecule has 0 radical (unpaired) electrons. The van der Waals surface area contributed by atoms with Crippen LogP contribution in [-0.4, -0.2) is 29.9 Å². The van der Waals surface area contributed by atoms with Crippen molar-refractivity contribution in [3.63, 3.8) is 0 Å². The van der Waals surface area contributed by atoms with E-state index in [4.69, 9.17) is 5.73 Å². The lowest BCUT2D eigenvalue weighted by molar-refractivity contribution is -0.127. The van der Waals surface area contributed by atoms with E-state index >= 15 is 0 Å². The smallest absolute Gasteiger partial charge is 0.251 e. The van der Waals surface area contributed by atoms with E-state index in [1.807, 2.05) is 26.0 Å². The van der Waals surface area contributed by atoms with Gasteiger partial charge in [-0.25, -0.2) is 0 Å². The topological polar surface area (TPSA) is 84.2 Å². The summed E-state index contributed by atoms with van der Waals surface area (Å²) in [5.41, 5.74) is 8.55. The third-order valence-corrected chi connectivity index (χ3v) is 6.17. The molecule has 27 heavy (non-hydrogen) atoms. The Morgan fingerprint density at radius 1 is 1.04 bits per heavy atom. The molecule has 0 bridgehead atoms. The molecule has 5 heteroatoms. The Morgan fingerprint density at radius 2 is 1.63 bits per heavy atom. The average Bonchev–Trinajstić information content (AvgIpc) is 3.08. The van der Waals surface area contributed by atoms with Gasteiger partial charge in [0, 0.05) is 18.2 Å². The predicted octanol–water partition coefficient (Wildman–Crippen LogP) is 2.98. The summed E-state index contributed by atoms with van der Waals surface area (Å²) in [4.78, 5) is 24.9. The van der Waals surface area contributed by atoms with Gasteiger partial charge in [0.25, 0.3) is 5.91 Å². The maximum Gasteiger partial charge on any atom is 0.251 e. The fourth-order valence-electron chi connectivity index (χ4n) is 4.52. The van der Waals surface area contributed by atoms with Crippen molar-refractivity contribution in [1.82, 2.24) is 10.6 Å². The van der Waals surface area contributed by atoms with Crippen LogP contribution in [0.5, 0.6) is 0 Å². The van der Waals surface area contributed by atoms with E-state index in [9.17, 15) is 9.59 Å². The molecule has 3 rings (SSSR count). The number of rotatable bonds is 5. The third-order valence-electron chi connectivity index (χ3n) is 6.17. The molecule has 1 aromatic rings. The second-order valence-corrected chi connectivity index (χ2v) is 8.64. The molecule has 148 valence electrons. The number of carbonyl (C=O) groups is 2. The maximum absolute atomic E-state index is 12.5. The van der Waals surface area contributed by atoms with Crippen molar-refractivity contribution in [1.29, 1.82) is 0 Å². The van der Waals surface area contributed by atoms with Crippen LogP contribution in [0.1, 0.15) is 72.9 Å². The van der Waals surface area contributed by atoms with Gasteiger partial charge in [-0.1, -0.05) is 30.0 Å². The van der Waals surface area contributed by atoms with E-state index in [2.05, 4.69) is 16.7 Å². The number of carbonyl (C=O) groups excluding carboxylic acids is 2. The Kier molecular flexibility index (Phi) is 6.20. The van der Waals surface area contributed by atoms with Gasteiger partial charge >= 0.3 is 0 Å². The van der Waals surface area contributed by atoms with E-state index in [0.717, 1.165) is 68.1 Å². The molecule has 0 heterocycles. The van der Waals surface area contributed by atoms with Crippen LogP contribution in [0.25, 0.3) is 0 Å². The van der Waals surface area contributed by atoms with Crippen LogP contribution < -0.4 is 16.4 Å². The zero-order chi connectivity index (χ0) is 19.4. The second kappa shape index (κ2) is 8.42.